The number of nitrogens with one attached hydrogen (secondary N) is 2. The van der Waals surface area contributed by atoms with Crippen LogP contribution >= 0.6 is 0 Å². The number of hydrogen-bond acceptors (Lipinski definition) is 3. The van der Waals surface area contributed by atoms with Crippen molar-refractivity contribution in [3.63, 3.8) is 0 Å². The van der Waals surface area contributed by atoms with E-state index in [1.165, 1.54) is 6.42 Å². The van der Waals surface area contributed by atoms with Crippen LogP contribution in [0.2, 0.25) is 0 Å². The molecule has 1 atom stereocenters. The number of unbranched alkanes of at least 4 members (excludes halogenated alkanes) is 1. The van der Waals surface area contributed by atoms with Crippen molar-refractivity contribution in [2.45, 2.75) is 65.0 Å². The minimum Gasteiger partial charge on any atom is -0.355 e. The second-order valence-corrected chi connectivity index (χ2v) is 5.58. The van der Waals surface area contributed by atoms with Gasteiger partial charge in [0.05, 0.1) is 6.04 Å². The Hall–Kier alpha value is -0.610. The molecule has 0 aromatic carbocycles. The molecule has 112 valence electrons. The Morgan fingerprint density at radius 1 is 1.21 bits per heavy atom. The zero-order valence-corrected chi connectivity index (χ0v) is 12.9. The zero-order valence-electron chi connectivity index (χ0n) is 12.9. The first-order valence-electron chi connectivity index (χ1n) is 7.94. The van der Waals surface area contributed by atoms with Crippen LogP contribution in [0, 0.1) is 0 Å². The molecule has 1 aliphatic heterocycles. The van der Waals surface area contributed by atoms with Crippen LogP contribution < -0.4 is 10.6 Å². The van der Waals surface area contributed by atoms with Gasteiger partial charge in [-0.3, -0.25) is 9.69 Å². The molecule has 0 aromatic rings. The molecule has 4 heteroatoms. The smallest absolute Gasteiger partial charge is 0.237 e. The number of piperidine rings is 1. The van der Waals surface area contributed by atoms with Gasteiger partial charge in [-0.1, -0.05) is 20.3 Å². The average molecular weight is 269 g/mol. The van der Waals surface area contributed by atoms with Crippen LogP contribution in [0.3, 0.4) is 0 Å². The molecular weight excluding hydrogens is 238 g/mol. The lowest BCUT2D eigenvalue weighted by Crippen LogP contribution is -2.51. The summed E-state index contributed by atoms with van der Waals surface area (Å²) in [5.41, 5.74) is 0. The van der Waals surface area contributed by atoms with Gasteiger partial charge in [0, 0.05) is 25.7 Å². The van der Waals surface area contributed by atoms with E-state index in [9.17, 15) is 4.79 Å². The van der Waals surface area contributed by atoms with Gasteiger partial charge in [0.2, 0.25) is 5.91 Å². The Bertz CT molecular complexity index is 250. The normalized spacial score (nSPS) is 19.3. The highest BCUT2D eigenvalue weighted by Crippen LogP contribution is 2.13. The number of nitrogens with zero attached hydrogens (tertiary/aromatic N) is 1. The van der Waals surface area contributed by atoms with Crippen molar-refractivity contribution < 1.29 is 4.79 Å². The van der Waals surface area contributed by atoms with Gasteiger partial charge in [-0.15, -0.1) is 0 Å². The third kappa shape index (κ3) is 5.91. The molecule has 1 saturated heterocycles. The van der Waals surface area contributed by atoms with Crippen molar-refractivity contribution in [1.82, 2.24) is 15.5 Å². The third-order valence-electron chi connectivity index (χ3n) is 3.97. The van der Waals surface area contributed by atoms with Crippen molar-refractivity contribution in [2.24, 2.45) is 0 Å². The van der Waals surface area contributed by atoms with E-state index in [-0.39, 0.29) is 11.9 Å². The largest absolute Gasteiger partial charge is 0.355 e. The summed E-state index contributed by atoms with van der Waals surface area (Å²) in [4.78, 5) is 14.3. The molecule has 4 nitrogen and oxygen atoms in total. The van der Waals surface area contributed by atoms with Crippen LogP contribution in [-0.4, -0.2) is 49.1 Å². The second kappa shape index (κ2) is 9.32. The molecule has 1 aliphatic rings. The molecule has 0 saturated carbocycles. The average Bonchev–Trinajstić information content (AvgIpc) is 2.45. The fraction of sp³-hybridized carbons (Fsp3) is 0.933. The number of likely N-dealkylation sites (tertiary alicyclic amines) is 1. The standard InChI is InChI=1S/C15H31N3O/c1-4-6-10-17-15(19)13(3)18-11-7-14(8-12-18)16-9-5-2/h13-14,16H,4-12H2,1-3H3,(H,17,19). The van der Waals surface area contributed by atoms with Crippen LogP contribution in [-0.2, 0) is 4.79 Å². The Morgan fingerprint density at radius 2 is 1.89 bits per heavy atom. The predicted octanol–water partition coefficient (Wildman–Crippen LogP) is 1.76. The van der Waals surface area contributed by atoms with Crippen LogP contribution in [0.15, 0.2) is 0 Å². The van der Waals surface area contributed by atoms with E-state index < -0.39 is 0 Å². The lowest BCUT2D eigenvalue weighted by atomic mass is 10.0. The molecule has 1 unspecified atom stereocenters. The van der Waals surface area contributed by atoms with E-state index >= 15 is 0 Å². The molecule has 19 heavy (non-hydrogen) atoms. The van der Waals surface area contributed by atoms with Crippen molar-refractivity contribution in [1.29, 1.82) is 0 Å². The first kappa shape index (κ1) is 16.4. The number of amides is 1. The maximum absolute atomic E-state index is 12.0. The molecule has 0 aromatic heterocycles. The molecule has 1 amide bonds. The minimum atomic E-state index is 0.0176. The summed E-state index contributed by atoms with van der Waals surface area (Å²) < 4.78 is 0. The van der Waals surface area contributed by atoms with E-state index in [0.717, 1.165) is 51.9 Å². The Balaban J connectivity index is 2.23. The molecule has 0 bridgehead atoms. The Labute approximate surface area is 118 Å². The monoisotopic (exact) mass is 269 g/mol. The van der Waals surface area contributed by atoms with E-state index in [1.807, 2.05) is 6.92 Å². The number of carbonyl (C=O) groups excluding carboxylic acids is 1. The van der Waals surface area contributed by atoms with Gasteiger partial charge >= 0.3 is 0 Å². The van der Waals surface area contributed by atoms with Gasteiger partial charge in [0.25, 0.3) is 0 Å². The van der Waals surface area contributed by atoms with E-state index in [1.54, 1.807) is 0 Å². The third-order valence-corrected chi connectivity index (χ3v) is 3.97. The predicted molar refractivity (Wildman–Crippen MR) is 80.3 cm³/mol. The molecule has 0 spiro atoms. The lowest BCUT2D eigenvalue weighted by molar-refractivity contribution is -0.126. The van der Waals surface area contributed by atoms with Gasteiger partial charge in [-0.05, 0) is 39.2 Å². The molecular formula is C15H31N3O. The first-order chi connectivity index (χ1) is 9.19. The van der Waals surface area contributed by atoms with Crippen LogP contribution in [0.5, 0.6) is 0 Å². The highest BCUT2D eigenvalue weighted by Gasteiger charge is 2.25. The van der Waals surface area contributed by atoms with Crippen molar-refractivity contribution in [2.75, 3.05) is 26.2 Å². The van der Waals surface area contributed by atoms with E-state index in [4.69, 9.17) is 0 Å². The number of rotatable bonds is 8. The summed E-state index contributed by atoms with van der Waals surface area (Å²) in [6.45, 7) is 10.4. The van der Waals surface area contributed by atoms with Crippen molar-refractivity contribution in [3.8, 4) is 0 Å². The van der Waals surface area contributed by atoms with Gasteiger partial charge in [0.1, 0.15) is 0 Å². The topological polar surface area (TPSA) is 44.4 Å². The maximum Gasteiger partial charge on any atom is 0.237 e. The van der Waals surface area contributed by atoms with Crippen LogP contribution in [0.25, 0.3) is 0 Å². The molecule has 1 rings (SSSR count). The second-order valence-electron chi connectivity index (χ2n) is 5.58. The molecule has 1 fully saturated rings. The van der Waals surface area contributed by atoms with Gasteiger partial charge in [-0.2, -0.15) is 0 Å². The van der Waals surface area contributed by atoms with Crippen LogP contribution in [0.1, 0.15) is 52.9 Å². The molecule has 0 radical (unpaired) electrons. The van der Waals surface area contributed by atoms with Gasteiger partial charge in [0.15, 0.2) is 0 Å². The van der Waals surface area contributed by atoms with E-state index in [2.05, 4.69) is 29.4 Å². The highest BCUT2D eigenvalue weighted by molar-refractivity contribution is 5.81. The van der Waals surface area contributed by atoms with Crippen molar-refractivity contribution >= 4 is 5.91 Å². The summed E-state index contributed by atoms with van der Waals surface area (Å²) in [7, 11) is 0. The summed E-state index contributed by atoms with van der Waals surface area (Å²) in [6.07, 6.45) is 5.71. The summed E-state index contributed by atoms with van der Waals surface area (Å²) in [6, 6.07) is 0.663. The quantitative estimate of drug-likeness (QED) is 0.660. The minimum absolute atomic E-state index is 0.0176. The number of carbonyl (C=O) groups is 1. The highest BCUT2D eigenvalue weighted by atomic mass is 16.2. The zero-order chi connectivity index (χ0) is 14.1. The van der Waals surface area contributed by atoms with Gasteiger partial charge < -0.3 is 10.6 Å². The molecule has 2 N–H and O–H groups in total. The summed E-state index contributed by atoms with van der Waals surface area (Å²) in [5.74, 6) is 0.188. The van der Waals surface area contributed by atoms with Crippen molar-refractivity contribution in [3.05, 3.63) is 0 Å². The Morgan fingerprint density at radius 3 is 2.47 bits per heavy atom. The van der Waals surface area contributed by atoms with E-state index in [0.29, 0.717) is 6.04 Å². The maximum atomic E-state index is 12.0. The lowest BCUT2D eigenvalue weighted by Gasteiger charge is -2.35. The fourth-order valence-electron chi connectivity index (χ4n) is 2.54. The molecule has 0 aliphatic carbocycles. The Kier molecular flexibility index (Phi) is 8.07. The van der Waals surface area contributed by atoms with Crippen LogP contribution in [0.4, 0.5) is 0 Å². The summed E-state index contributed by atoms with van der Waals surface area (Å²) >= 11 is 0. The number of hydrogen-bond donors (Lipinski definition) is 2. The fourth-order valence-corrected chi connectivity index (χ4v) is 2.54. The molecule has 1 heterocycles. The van der Waals surface area contributed by atoms with Gasteiger partial charge in [-0.25, -0.2) is 0 Å². The summed E-state index contributed by atoms with van der Waals surface area (Å²) in [5, 5.41) is 6.60. The first-order valence-corrected chi connectivity index (χ1v) is 7.94. The SMILES string of the molecule is CCCCNC(=O)C(C)N1CCC(NCCC)CC1.